The lowest BCUT2D eigenvalue weighted by molar-refractivity contribution is -0.123. The number of halogens is 2. The topological polar surface area (TPSA) is 84.5 Å². The highest BCUT2D eigenvalue weighted by molar-refractivity contribution is 5.97. The van der Waals surface area contributed by atoms with Gasteiger partial charge in [0, 0.05) is 12.1 Å². The van der Waals surface area contributed by atoms with Gasteiger partial charge in [-0.3, -0.25) is 10.1 Å². The van der Waals surface area contributed by atoms with Gasteiger partial charge in [-0.15, -0.1) is 0 Å². The Morgan fingerprint density at radius 1 is 1.20 bits per heavy atom. The Morgan fingerprint density at radius 2 is 1.92 bits per heavy atom. The fourth-order valence-corrected chi connectivity index (χ4v) is 2.76. The lowest BCUT2D eigenvalue weighted by atomic mass is 9.86. The summed E-state index contributed by atoms with van der Waals surface area (Å²) in [6, 6.07) is 1.70. The van der Waals surface area contributed by atoms with Crippen LogP contribution < -0.4 is 10.6 Å². The third-order valence-corrected chi connectivity index (χ3v) is 4.17. The molecule has 6 nitrogen and oxygen atoms in total. The van der Waals surface area contributed by atoms with E-state index in [2.05, 4.69) is 15.4 Å². The van der Waals surface area contributed by atoms with Crippen LogP contribution in [-0.4, -0.2) is 30.6 Å². The van der Waals surface area contributed by atoms with Crippen molar-refractivity contribution in [3.8, 4) is 0 Å². The number of esters is 1. The predicted molar refractivity (Wildman–Crippen MR) is 84.7 cm³/mol. The molecule has 1 aromatic carbocycles. The number of ether oxygens (including phenoxy) is 1. The smallest absolute Gasteiger partial charge is 0.341 e. The van der Waals surface area contributed by atoms with E-state index in [0.717, 1.165) is 37.8 Å². The van der Waals surface area contributed by atoms with E-state index >= 15 is 0 Å². The second kappa shape index (κ2) is 8.55. The van der Waals surface area contributed by atoms with Gasteiger partial charge >= 0.3 is 12.0 Å². The monoisotopic (exact) mass is 354 g/mol. The summed E-state index contributed by atoms with van der Waals surface area (Å²) in [7, 11) is 0. The zero-order valence-corrected chi connectivity index (χ0v) is 13.8. The molecule has 3 amide bonds. The Balaban J connectivity index is 1.77. The zero-order valence-electron chi connectivity index (χ0n) is 13.8. The van der Waals surface area contributed by atoms with Gasteiger partial charge in [0.1, 0.15) is 11.6 Å². The molecule has 1 saturated carbocycles. The first-order valence-electron chi connectivity index (χ1n) is 8.09. The highest BCUT2D eigenvalue weighted by atomic mass is 19.1. The SMILES string of the molecule is C[C@H]1CCCC[C@@H]1NC(=O)NC(=O)COC(=O)c1ccc(F)cc1F. The Bertz CT molecular complexity index is 666. The summed E-state index contributed by atoms with van der Waals surface area (Å²) in [6.07, 6.45) is 4.00. The summed E-state index contributed by atoms with van der Waals surface area (Å²) < 4.78 is 30.8. The van der Waals surface area contributed by atoms with Crippen LogP contribution in [0, 0.1) is 17.6 Å². The van der Waals surface area contributed by atoms with Crippen LogP contribution in [0.15, 0.2) is 18.2 Å². The van der Waals surface area contributed by atoms with Gasteiger partial charge in [-0.2, -0.15) is 0 Å². The van der Waals surface area contributed by atoms with Gasteiger partial charge in [0.15, 0.2) is 6.61 Å². The van der Waals surface area contributed by atoms with Gasteiger partial charge in [0.05, 0.1) is 5.56 Å². The van der Waals surface area contributed by atoms with Crippen molar-refractivity contribution in [1.29, 1.82) is 0 Å². The highest BCUT2D eigenvalue weighted by Crippen LogP contribution is 2.23. The molecule has 0 aliphatic heterocycles. The number of carbonyl (C=O) groups excluding carboxylic acids is 3. The van der Waals surface area contributed by atoms with Crippen LogP contribution in [0.1, 0.15) is 43.0 Å². The maximum Gasteiger partial charge on any atom is 0.341 e. The van der Waals surface area contributed by atoms with Crippen molar-refractivity contribution in [3.05, 3.63) is 35.4 Å². The van der Waals surface area contributed by atoms with Crippen molar-refractivity contribution in [3.63, 3.8) is 0 Å². The summed E-state index contributed by atoms with van der Waals surface area (Å²) in [5.41, 5.74) is -0.491. The molecular formula is C17H20F2N2O4. The maximum absolute atomic E-state index is 13.4. The Morgan fingerprint density at radius 3 is 2.60 bits per heavy atom. The lowest BCUT2D eigenvalue weighted by Crippen LogP contribution is -2.48. The summed E-state index contributed by atoms with van der Waals surface area (Å²) in [6.45, 7) is 1.29. The molecule has 0 unspecified atom stereocenters. The summed E-state index contributed by atoms with van der Waals surface area (Å²) in [4.78, 5) is 35.1. The molecule has 0 saturated heterocycles. The predicted octanol–water partition coefficient (Wildman–Crippen LogP) is 2.53. The Labute approximate surface area is 143 Å². The van der Waals surface area contributed by atoms with E-state index in [9.17, 15) is 23.2 Å². The van der Waals surface area contributed by atoms with Crippen molar-refractivity contribution < 1.29 is 27.9 Å². The number of nitrogens with one attached hydrogen (secondary N) is 2. The quantitative estimate of drug-likeness (QED) is 0.814. The molecule has 136 valence electrons. The molecule has 2 rings (SSSR count). The zero-order chi connectivity index (χ0) is 18.4. The Hall–Kier alpha value is -2.51. The van der Waals surface area contributed by atoms with Gasteiger partial charge in [-0.25, -0.2) is 18.4 Å². The average molecular weight is 354 g/mol. The normalized spacial score (nSPS) is 19.8. The van der Waals surface area contributed by atoms with Crippen LogP contribution in [0.25, 0.3) is 0 Å². The number of hydrogen-bond donors (Lipinski definition) is 2. The summed E-state index contributed by atoms with van der Waals surface area (Å²) in [5, 5.41) is 4.78. The number of rotatable bonds is 4. The van der Waals surface area contributed by atoms with Crippen molar-refractivity contribution in [2.45, 2.75) is 38.6 Å². The fraction of sp³-hybridized carbons (Fsp3) is 0.471. The third kappa shape index (κ3) is 5.51. The van der Waals surface area contributed by atoms with Gasteiger partial charge in [-0.05, 0) is 30.9 Å². The van der Waals surface area contributed by atoms with Crippen molar-refractivity contribution in [2.75, 3.05) is 6.61 Å². The molecule has 2 atom stereocenters. The second-order valence-corrected chi connectivity index (χ2v) is 6.09. The molecule has 1 aliphatic carbocycles. The molecular weight excluding hydrogens is 334 g/mol. The van der Waals surface area contributed by atoms with Gasteiger partial charge < -0.3 is 10.1 Å². The molecule has 1 fully saturated rings. The minimum Gasteiger partial charge on any atom is -0.452 e. The number of hydrogen-bond acceptors (Lipinski definition) is 4. The first-order chi connectivity index (χ1) is 11.9. The van der Waals surface area contributed by atoms with Crippen LogP contribution in [0.5, 0.6) is 0 Å². The Kier molecular flexibility index (Phi) is 6.44. The van der Waals surface area contributed by atoms with Crippen LogP contribution in [0.2, 0.25) is 0 Å². The first kappa shape index (κ1) is 18.8. The van der Waals surface area contributed by atoms with Crippen molar-refractivity contribution in [1.82, 2.24) is 10.6 Å². The summed E-state index contributed by atoms with van der Waals surface area (Å²) >= 11 is 0. The van der Waals surface area contributed by atoms with Gasteiger partial charge in [0.2, 0.25) is 0 Å². The first-order valence-corrected chi connectivity index (χ1v) is 8.09. The molecule has 8 heteroatoms. The molecule has 2 N–H and O–H groups in total. The van der Waals surface area contributed by atoms with E-state index in [4.69, 9.17) is 0 Å². The molecule has 1 aromatic rings. The molecule has 25 heavy (non-hydrogen) atoms. The second-order valence-electron chi connectivity index (χ2n) is 6.09. The van der Waals surface area contributed by atoms with E-state index in [1.165, 1.54) is 0 Å². The minimum absolute atomic E-state index is 0.00240. The number of benzene rings is 1. The van der Waals surface area contributed by atoms with Crippen molar-refractivity contribution in [2.24, 2.45) is 5.92 Å². The lowest BCUT2D eigenvalue weighted by Gasteiger charge is -2.29. The third-order valence-electron chi connectivity index (χ3n) is 4.17. The van der Waals surface area contributed by atoms with E-state index in [0.29, 0.717) is 12.0 Å². The number of imide groups is 1. The van der Waals surface area contributed by atoms with E-state index in [-0.39, 0.29) is 6.04 Å². The number of amides is 3. The van der Waals surface area contributed by atoms with E-state index < -0.39 is 41.7 Å². The molecule has 0 heterocycles. The number of urea groups is 1. The van der Waals surface area contributed by atoms with Gasteiger partial charge in [-0.1, -0.05) is 19.8 Å². The largest absolute Gasteiger partial charge is 0.452 e. The van der Waals surface area contributed by atoms with Crippen molar-refractivity contribution >= 4 is 17.9 Å². The van der Waals surface area contributed by atoms with Crippen LogP contribution in [-0.2, 0) is 9.53 Å². The summed E-state index contributed by atoms with van der Waals surface area (Å²) in [5.74, 6) is -3.55. The minimum atomic E-state index is -1.12. The van der Waals surface area contributed by atoms with Crippen LogP contribution >= 0.6 is 0 Å². The van der Waals surface area contributed by atoms with E-state index in [1.807, 2.05) is 6.92 Å². The fourth-order valence-electron chi connectivity index (χ4n) is 2.76. The standard InChI is InChI=1S/C17H20F2N2O4/c1-10-4-2-3-5-14(10)20-17(24)21-15(22)9-25-16(23)12-7-6-11(18)8-13(12)19/h6-8,10,14H,2-5,9H2,1H3,(H2,20,21,22,24)/t10-,14-/m0/s1. The van der Waals surface area contributed by atoms with Crippen LogP contribution in [0.4, 0.5) is 13.6 Å². The molecule has 0 bridgehead atoms. The number of carbonyl (C=O) groups is 3. The molecule has 1 aliphatic rings. The van der Waals surface area contributed by atoms with E-state index in [1.54, 1.807) is 0 Å². The van der Waals surface area contributed by atoms with Gasteiger partial charge in [0.25, 0.3) is 5.91 Å². The average Bonchev–Trinajstić information content (AvgIpc) is 2.54. The molecule has 0 aromatic heterocycles. The van der Waals surface area contributed by atoms with Crippen LogP contribution in [0.3, 0.4) is 0 Å². The maximum atomic E-state index is 13.4. The molecule has 0 spiro atoms. The molecule has 0 radical (unpaired) electrons. The highest BCUT2D eigenvalue weighted by Gasteiger charge is 2.23.